The molecule has 58 heavy (non-hydrogen) atoms. The van der Waals surface area contributed by atoms with Crippen molar-refractivity contribution in [2.45, 2.75) is 95.0 Å². The van der Waals surface area contributed by atoms with Gasteiger partial charge in [-0.05, 0) is 85.8 Å². The number of methoxy groups -OCH3 is 1. The Labute approximate surface area is 337 Å². The highest BCUT2D eigenvalue weighted by molar-refractivity contribution is 5.96. The number of nitrogens with one attached hydrogen (secondary N) is 4. The minimum Gasteiger partial charge on any atom is -0.457 e. The summed E-state index contributed by atoms with van der Waals surface area (Å²) in [6.07, 6.45) is 4.96. The lowest BCUT2D eigenvalue weighted by molar-refractivity contribution is -0.136. The van der Waals surface area contributed by atoms with Crippen LogP contribution in [0, 0.1) is 17.7 Å². The van der Waals surface area contributed by atoms with E-state index in [9.17, 15) is 19.2 Å². The molecule has 6 aliphatic rings. The predicted octanol–water partition coefficient (Wildman–Crippen LogP) is 3.51. The SMILES string of the molecule is COC(=O)N[C@H](C(=O)N1CCC[C@H]1C1=NCC(c2ccc3c(c2)Cc2cc(F)c(C4CN=C([C@@H]5CCCN5C(=O)[C@@H](NC=O)C(C)C)N4)cc2O3)N1)C1CCOCC1. The minimum absolute atomic E-state index is 0.0414. The zero-order valence-corrected chi connectivity index (χ0v) is 33.3. The summed E-state index contributed by atoms with van der Waals surface area (Å²) in [5.41, 5.74) is 3.16. The fourth-order valence-electron chi connectivity index (χ4n) is 9.40. The van der Waals surface area contributed by atoms with Crippen LogP contribution in [0.3, 0.4) is 0 Å². The Balaban J connectivity index is 0.906. The van der Waals surface area contributed by atoms with Crippen LogP contribution in [-0.2, 0) is 30.3 Å². The molecule has 2 aromatic carbocycles. The van der Waals surface area contributed by atoms with Crippen LogP contribution in [0.1, 0.15) is 86.7 Å². The molecule has 4 N–H and O–H groups in total. The van der Waals surface area contributed by atoms with E-state index in [0.717, 1.165) is 48.2 Å². The second-order valence-corrected chi connectivity index (χ2v) is 16.4. The van der Waals surface area contributed by atoms with Gasteiger partial charge in [-0.3, -0.25) is 24.4 Å². The molecular formula is C42H53FN8O7. The summed E-state index contributed by atoms with van der Waals surface area (Å²) in [5.74, 6) is 2.01. The zero-order chi connectivity index (χ0) is 40.5. The molecule has 6 aliphatic heterocycles. The van der Waals surface area contributed by atoms with Gasteiger partial charge in [0.25, 0.3) is 0 Å². The number of aliphatic imine (C=N–C) groups is 2. The zero-order valence-electron chi connectivity index (χ0n) is 33.3. The molecule has 16 heteroatoms. The highest BCUT2D eigenvalue weighted by Gasteiger charge is 2.42. The van der Waals surface area contributed by atoms with Crippen LogP contribution in [-0.4, -0.2) is 116 Å². The Morgan fingerprint density at radius 2 is 1.55 bits per heavy atom. The Bertz CT molecular complexity index is 1990. The van der Waals surface area contributed by atoms with Crippen LogP contribution in [0.15, 0.2) is 40.3 Å². The van der Waals surface area contributed by atoms with E-state index >= 15 is 4.39 Å². The van der Waals surface area contributed by atoms with Gasteiger partial charge in [0.1, 0.15) is 41.1 Å². The Morgan fingerprint density at radius 1 is 0.897 bits per heavy atom. The average Bonchev–Trinajstić information content (AvgIpc) is 4.07. The molecule has 0 bridgehead atoms. The van der Waals surface area contributed by atoms with Gasteiger partial charge in [0.05, 0.1) is 44.4 Å². The number of carbonyl (C=O) groups is 4. The van der Waals surface area contributed by atoms with Gasteiger partial charge >= 0.3 is 6.09 Å². The minimum atomic E-state index is -0.699. The lowest BCUT2D eigenvalue weighted by atomic mass is 9.90. The molecule has 15 nitrogen and oxygen atoms in total. The molecule has 0 aromatic heterocycles. The second-order valence-electron chi connectivity index (χ2n) is 16.4. The Hall–Kier alpha value is -5.25. The number of nitrogens with zero attached hydrogens (tertiary/aromatic N) is 4. The van der Waals surface area contributed by atoms with Crippen molar-refractivity contribution >= 4 is 36.0 Å². The van der Waals surface area contributed by atoms with Gasteiger partial charge in [-0.25, -0.2) is 9.18 Å². The second kappa shape index (κ2) is 16.9. The third-order valence-corrected chi connectivity index (χ3v) is 12.5. The summed E-state index contributed by atoms with van der Waals surface area (Å²) >= 11 is 0. The van der Waals surface area contributed by atoms with E-state index in [1.54, 1.807) is 17.0 Å². The molecular weight excluding hydrogens is 748 g/mol. The van der Waals surface area contributed by atoms with E-state index in [0.29, 0.717) is 88.0 Å². The number of amidine groups is 2. The topological polar surface area (TPSA) is 175 Å². The number of amides is 4. The Morgan fingerprint density at radius 3 is 2.22 bits per heavy atom. The fraction of sp³-hybridized carbons (Fsp3) is 0.571. The standard InChI is InChI=1S/C42H53FN8O7/c1-23(2)36(46-22-52)40(53)50-12-4-7-33(50)39-45-21-31(48-39)28-19-35-27(18-29(28)43)17-26-16-25(8-9-34(26)58-35)30-20-44-38(47-30)32-6-5-13-51(32)41(54)37(49-42(55)56-3)24-10-14-57-15-11-24/h8-9,16,18-19,22-24,30-33,36-37H,4-7,10-15,17,20-21H2,1-3H3,(H,44,47)(H,45,48)(H,46,52)(H,49,55)/t30?,31?,32-,33-,36-,37-/m0/s1. The van der Waals surface area contributed by atoms with E-state index < -0.39 is 24.2 Å². The van der Waals surface area contributed by atoms with Gasteiger partial charge in [0.2, 0.25) is 18.2 Å². The van der Waals surface area contributed by atoms with Crippen LogP contribution in [0.25, 0.3) is 0 Å². The normalized spacial score (nSPS) is 25.1. The molecule has 4 amide bonds. The van der Waals surface area contributed by atoms with Crippen molar-refractivity contribution in [3.05, 3.63) is 58.4 Å². The number of alkyl carbamates (subject to hydrolysis) is 1. The van der Waals surface area contributed by atoms with Crippen molar-refractivity contribution in [2.75, 3.05) is 46.5 Å². The first kappa shape index (κ1) is 39.6. The molecule has 0 aliphatic carbocycles. The number of halogens is 1. The number of fused-ring (bicyclic) bond motifs is 2. The lowest BCUT2D eigenvalue weighted by Gasteiger charge is -2.34. The molecule has 8 rings (SSSR count). The lowest BCUT2D eigenvalue weighted by Crippen LogP contribution is -2.56. The number of hydrogen-bond acceptors (Lipinski definition) is 11. The summed E-state index contributed by atoms with van der Waals surface area (Å²) in [7, 11) is 1.30. The van der Waals surface area contributed by atoms with Crippen molar-refractivity contribution < 1.29 is 37.8 Å². The number of hydrogen-bond donors (Lipinski definition) is 4. The van der Waals surface area contributed by atoms with Crippen LogP contribution in [0.4, 0.5) is 9.18 Å². The number of likely N-dealkylation sites (tertiary alicyclic amines) is 2. The molecule has 3 saturated heterocycles. The Kier molecular flexibility index (Phi) is 11.5. The highest BCUT2D eigenvalue weighted by Crippen LogP contribution is 2.41. The quantitative estimate of drug-likeness (QED) is 0.212. The van der Waals surface area contributed by atoms with E-state index in [1.807, 2.05) is 30.9 Å². The van der Waals surface area contributed by atoms with E-state index in [4.69, 9.17) is 24.2 Å². The summed E-state index contributed by atoms with van der Waals surface area (Å²) in [4.78, 5) is 64.2. The van der Waals surface area contributed by atoms with E-state index in [2.05, 4.69) is 27.3 Å². The highest BCUT2D eigenvalue weighted by atomic mass is 19.1. The molecule has 2 unspecified atom stereocenters. The molecule has 0 saturated carbocycles. The summed E-state index contributed by atoms with van der Waals surface area (Å²) < 4.78 is 32.7. The smallest absolute Gasteiger partial charge is 0.407 e. The van der Waals surface area contributed by atoms with Gasteiger partial charge < -0.3 is 45.3 Å². The summed E-state index contributed by atoms with van der Waals surface area (Å²) in [6, 6.07) is 7.05. The summed E-state index contributed by atoms with van der Waals surface area (Å²) in [5, 5.41) is 12.5. The van der Waals surface area contributed by atoms with Crippen LogP contribution in [0.2, 0.25) is 0 Å². The number of ether oxygens (including phenoxy) is 3. The van der Waals surface area contributed by atoms with Gasteiger partial charge in [-0.15, -0.1) is 0 Å². The first-order valence-electron chi connectivity index (χ1n) is 20.6. The van der Waals surface area contributed by atoms with Crippen LogP contribution < -0.4 is 26.0 Å². The van der Waals surface area contributed by atoms with E-state index in [1.165, 1.54) is 7.11 Å². The predicted molar refractivity (Wildman–Crippen MR) is 212 cm³/mol. The van der Waals surface area contributed by atoms with Gasteiger partial charge in [0.15, 0.2) is 0 Å². The number of rotatable bonds is 11. The van der Waals surface area contributed by atoms with Crippen molar-refractivity contribution in [3.63, 3.8) is 0 Å². The third-order valence-electron chi connectivity index (χ3n) is 12.5. The molecule has 0 radical (unpaired) electrons. The first-order chi connectivity index (χ1) is 28.1. The van der Waals surface area contributed by atoms with Gasteiger partial charge in [-0.2, -0.15) is 0 Å². The van der Waals surface area contributed by atoms with Crippen molar-refractivity contribution in [1.29, 1.82) is 0 Å². The third kappa shape index (κ3) is 7.82. The molecule has 6 atom stereocenters. The van der Waals surface area contributed by atoms with Crippen molar-refractivity contribution in [3.8, 4) is 11.5 Å². The maximum absolute atomic E-state index is 15.9. The van der Waals surface area contributed by atoms with E-state index in [-0.39, 0.29) is 47.6 Å². The van der Waals surface area contributed by atoms with Crippen molar-refractivity contribution in [1.82, 2.24) is 31.1 Å². The molecule has 0 spiro atoms. The molecule has 6 heterocycles. The van der Waals surface area contributed by atoms with Gasteiger partial charge in [0, 0.05) is 43.9 Å². The van der Waals surface area contributed by atoms with Crippen LogP contribution in [0.5, 0.6) is 11.5 Å². The van der Waals surface area contributed by atoms with Gasteiger partial charge in [-0.1, -0.05) is 19.9 Å². The summed E-state index contributed by atoms with van der Waals surface area (Å²) in [6.45, 7) is 6.88. The van der Waals surface area contributed by atoms with Crippen molar-refractivity contribution in [2.24, 2.45) is 21.8 Å². The maximum atomic E-state index is 15.9. The maximum Gasteiger partial charge on any atom is 0.407 e. The monoisotopic (exact) mass is 800 g/mol. The molecule has 310 valence electrons. The number of carbonyl (C=O) groups excluding carboxylic acids is 4. The first-order valence-corrected chi connectivity index (χ1v) is 20.6. The largest absolute Gasteiger partial charge is 0.457 e. The molecule has 2 aromatic rings. The average molecular weight is 801 g/mol. The molecule has 3 fully saturated rings. The number of benzene rings is 2. The fourth-order valence-corrected chi connectivity index (χ4v) is 9.40. The van der Waals surface area contributed by atoms with Crippen LogP contribution >= 0.6 is 0 Å².